The Balaban J connectivity index is 1.73. The van der Waals surface area contributed by atoms with Crippen LogP contribution in [0.25, 0.3) is 0 Å². The van der Waals surface area contributed by atoms with Crippen molar-refractivity contribution in [2.24, 2.45) is 5.73 Å². The molecule has 6 N–H and O–H groups in total. The lowest BCUT2D eigenvalue weighted by Gasteiger charge is -2.09. The van der Waals surface area contributed by atoms with Gasteiger partial charge in [0.1, 0.15) is 11.5 Å². The van der Waals surface area contributed by atoms with Gasteiger partial charge < -0.3 is 25.9 Å². The number of nitrogens with two attached hydrogens (primary N) is 1. The fourth-order valence-corrected chi connectivity index (χ4v) is 3.64. The number of carbonyl (C=O) groups is 3. The molecule has 3 rings (SSSR count). The van der Waals surface area contributed by atoms with Crippen LogP contribution in [-0.2, 0) is 6.42 Å². The molecule has 0 saturated carbocycles. The number of imidazole rings is 1. The van der Waals surface area contributed by atoms with Crippen LogP contribution in [0.3, 0.4) is 0 Å². The SMILES string of the molecule is Cc1cc(Cl)ccc1NC(=O)Nc1nc(Cc2ccc(OC(=O)O)s2)[nH]c1C(N)=O. The molecule has 0 bridgehead atoms. The monoisotopic (exact) mass is 449 g/mol. The highest BCUT2D eigenvalue weighted by atomic mass is 35.5. The van der Waals surface area contributed by atoms with Crippen LogP contribution in [0.5, 0.6) is 5.06 Å². The molecule has 10 nitrogen and oxygen atoms in total. The van der Waals surface area contributed by atoms with Crippen molar-refractivity contribution >= 4 is 52.5 Å². The molecule has 2 heterocycles. The van der Waals surface area contributed by atoms with E-state index in [1.807, 2.05) is 0 Å². The normalized spacial score (nSPS) is 10.5. The van der Waals surface area contributed by atoms with E-state index in [-0.39, 0.29) is 23.0 Å². The molecule has 0 atom stereocenters. The Labute approximate surface area is 179 Å². The van der Waals surface area contributed by atoms with Crippen LogP contribution in [-0.4, -0.2) is 33.2 Å². The number of halogens is 1. The number of carboxylic acid groups (broad SMARTS) is 1. The number of carbonyl (C=O) groups excluding carboxylic acids is 2. The van der Waals surface area contributed by atoms with Gasteiger partial charge in [0.15, 0.2) is 10.9 Å². The van der Waals surface area contributed by atoms with E-state index in [1.54, 1.807) is 31.2 Å². The van der Waals surface area contributed by atoms with Crippen molar-refractivity contribution in [3.8, 4) is 5.06 Å². The van der Waals surface area contributed by atoms with Gasteiger partial charge in [-0.25, -0.2) is 14.6 Å². The largest absolute Gasteiger partial charge is 0.512 e. The van der Waals surface area contributed by atoms with E-state index in [0.717, 1.165) is 21.8 Å². The van der Waals surface area contributed by atoms with Crippen LogP contribution in [0.2, 0.25) is 5.02 Å². The topological polar surface area (TPSA) is 159 Å². The zero-order valence-electron chi connectivity index (χ0n) is 15.5. The van der Waals surface area contributed by atoms with Crippen molar-refractivity contribution < 1.29 is 24.2 Å². The smallest absolute Gasteiger partial charge is 0.449 e. The van der Waals surface area contributed by atoms with Crippen LogP contribution < -0.4 is 21.1 Å². The van der Waals surface area contributed by atoms with Crippen molar-refractivity contribution in [1.29, 1.82) is 0 Å². The predicted molar refractivity (Wildman–Crippen MR) is 112 cm³/mol. The molecule has 0 aliphatic carbocycles. The van der Waals surface area contributed by atoms with Crippen LogP contribution >= 0.6 is 22.9 Å². The van der Waals surface area contributed by atoms with Crippen molar-refractivity contribution in [2.45, 2.75) is 13.3 Å². The van der Waals surface area contributed by atoms with Gasteiger partial charge in [-0.1, -0.05) is 11.6 Å². The maximum atomic E-state index is 12.3. The van der Waals surface area contributed by atoms with Crippen LogP contribution in [0.1, 0.15) is 26.8 Å². The van der Waals surface area contributed by atoms with Gasteiger partial charge in [-0.2, -0.15) is 0 Å². The first-order chi connectivity index (χ1) is 14.2. The van der Waals surface area contributed by atoms with E-state index in [0.29, 0.717) is 16.5 Å². The summed E-state index contributed by atoms with van der Waals surface area (Å²) in [6.07, 6.45) is -1.17. The molecule has 0 spiro atoms. The number of amides is 3. The maximum Gasteiger partial charge on any atom is 0.512 e. The number of rotatable bonds is 6. The van der Waals surface area contributed by atoms with E-state index in [4.69, 9.17) is 22.4 Å². The molecule has 1 aromatic carbocycles. The lowest BCUT2D eigenvalue weighted by atomic mass is 10.2. The first-order valence-corrected chi connectivity index (χ1v) is 9.63. The molecule has 0 aliphatic heterocycles. The average molecular weight is 450 g/mol. The summed E-state index contributed by atoms with van der Waals surface area (Å²) < 4.78 is 4.58. The minimum Gasteiger partial charge on any atom is -0.449 e. The highest BCUT2D eigenvalue weighted by Crippen LogP contribution is 2.27. The predicted octanol–water partition coefficient (Wildman–Crippen LogP) is 3.82. The average Bonchev–Trinajstić information content (AvgIpc) is 3.24. The molecular weight excluding hydrogens is 434 g/mol. The van der Waals surface area contributed by atoms with Crippen molar-refractivity contribution in [3.63, 3.8) is 0 Å². The third-order valence-corrected chi connectivity index (χ3v) is 5.03. The number of ether oxygens (including phenoxy) is 1. The van der Waals surface area contributed by atoms with Gasteiger partial charge >= 0.3 is 12.2 Å². The van der Waals surface area contributed by atoms with Gasteiger partial charge in [0.2, 0.25) is 0 Å². The van der Waals surface area contributed by atoms with Gasteiger partial charge in [-0.15, -0.1) is 11.3 Å². The number of aryl methyl sites for hydroxylation is 1. The number of thiophene rings is 1. The number of hydrogen-bond acceptors (Lipinski definition) is 6. The van der Waals surface area contributed by atoms with E-state index in [2.05, 4.69) is 25.3 Å². The Morgan fingerprint density at radius 1 is 1.27 bits per heavy atom. The summed E-state index contributed by atoms with van der Waals surface area (Å²) in [6, 6.07) is 7.53. The van der Waals surface area contributed by atoms with E-state index >= 15 is 0 Å². The molecule has 0 saturated heterocycles. The molecule has 0 aliphatic rings. The summed E-state index contributed by atoms with van der Waals surface area (Å²) in [7, 11) is 0. The number of nitrogens with one attached hydrogen (secondary N) is 3. The van der Waals surface area contributed by atoms with Gasteiger partial charge in [0, 0.05) is 22.0 Å². The third-order valence-electron chi connectivity index (χ3n) is 3.83. The second kappa shape index (κ2) is 8.84. The Hall–Kier alpha value is -3.57. The zero-order valence-corrected chi connectivity index (χ0v) is 17.1. The minimum atomic E-state index is -1.41. The van der Waals surface area contributed by atoms with Crippen molar-refractivity contribution in [1.82, 2.24) is 9.97 Å². The second-order valence-corrected chi connectivity index (χ2v) is 7.64. The Bertz CT molecular complexity index is 1130. The number of benzene rings is 1. The standard InChI is InChI=1S/C18H16ClN5O5S/c1-8-6-9(19)2-4-11(8)21-17(26)24-16-14(15(20)25)22-12(23-16)7-10-3-5-13(30-10)29-18(27)28/h2-6H,7H2,1H3,(H2,20,25)(H,22,23)(H,27,28)(H2,21,24,26). The van der Waals surface area contributed by atoms with E-state index < -0.39 is 18.1 Å². The van der Waals surface area contributed by atoms with E-state index in [9.17, 15) is 14.4 Å². The molecule has 0 radical (unpaired) electrons. The number of urea groups is 1. The molecule has 0 fully saturated rings. The summed E-state index contributed by atoms with van der Waals surface area (Å²) >= 11 is 7.01. The lowest BCUT2D eigenvalue weighted by molar-refractivity contribution is 0.0996. The summed E-state index contributed by atoms with van der Waals surface area (Å²) in [5.74, 6) is -0.474. The van der Waals surface area contributed by atoms with Gasteiger partial charge in [0.05, 0.1) is 0 Å². The first-order valence-electron chi connectivity index (χ1n) is 8.43. The molecule has 2 aromatic heterocycles. The molecule has 156 valence electrons. The van der Waals surface area contributed by atoms with E-state index in [1.165, 1.54) is 6.07 Å². The number of H-pyrrole nitrogens is 1. The Kier molecular flexibility index (Phi) is 6.23. The fraction of sp³-hybridized carbons (Fsp3) is 0.111. The number of aromatic amines is 1. The molecule has 3 amide bonds. The second-order valence-electron chi connectivity index (χ2n) is 6.08. The minimum absolute atomic E-state index is 0.0276. The quantitative estimate of drug-likeness (QED) is 0.359. The highest BCUT2D eigenvalue weighted by Gasteiger charge is 2.18. The van der Waals surface area contributed by atoms with Crippen molar-refractivity contribution in [3.05, 3.63) is 57.3 Å². The van der Waals surface area contributed by atoms with Gasteiger partial charge in [-0.3, -0.25) is 10.1 Å². The number of aromatic nitrogens is 2. The number of nitrogens with zero attached hydrogens (tertiary/aromatic N) is 1. The number of anilines is 2. The fourth-order valence-electron chi connectivity index (χ4n) is 2.56. The summed E-state index contributed by atoms with van der Waals surface area (Å²) in [4.78, 5) is 42.4. The Morgan fingerprint density at radius 3 is 2.70 bits per heavy atom. The molecule has 30 heavy (non-hydrogen) atoms. The molecular formula is C18H16ClN5O5S. The lowest BCUT2D eigenvalue weighted by Crippen LogP contribution is -2.23. The highest BCUT2D eigenvalue weighted by molar-refractivity contribution is 7.13. The number of hydrogen-bond donors (Lipinski definition) is 5. The van der Waals surface area contributed by atoms with Crippen molar-refractivity contribution in [2.75, 3.05) is 10.6 Å². The third kappa shape index (κ3) is 5.27. The molecule has 0 unspecified atom stereocenters. The summed E-state index contributed by atoms with van der Waals surface area (Å²) in [5, 5.41) is 14.5. The summed E-state index contributed by atoms with van der Waals surface area (Å²) in [5.41, 5.74) is 6.60. The zero-order chi connectivity index (χ0) is 21.8. The number of primary amides is 1. The van der Waals surface area contributed by atoms with Crippen LogP contribution in [0.15, 0.2) is 30.3 Å². The van der Waals surface area contributed by atoms with Crippen LogP contribution in [0.4, 0.5) is 21.1 Å². The molecule has 3 aromatic rings. The van der Waals surface area contributed by atoms with Gasteiger partial charge in [-0.05, 0) is 42.8 Å². The maximum absolute atomic E-state index is 12.3. The summed E-state index contributed by atoms with van der Waals surface area (Å²) in [6.45, 7) is 1.78. The first kappa shape index (κ1) is 21.1. The van der Waals surface area contributed by atoms with Gasteiger partial charge in [0.25, 0.3) is 5.91 Å². The Morgan fingerprint density at radius 2 is 2.03 bits per heavy atom. The van der Waals surface area contributed by atoms with Crippen LogP contribution in [0, 0.1) is 6.92 Å². The molecule has 12 heteroatoms.